The molecule has 0 bridgehead atoms. The highest BCUT2D eigenvalue weighted by atomic mass is 19.3. The number of rotatable bonds is 9. The van der Waals surface area contributed by atoms with Gasteiger partial charge in [0.05, 0.1) is 17.8 Å². The van der Waals surface area contributed by atoms with Crippen molar-refractivity contribution in [2.24, 2.45) is 5.92 Å². The number of hydrogen-bond donors (Lipinski definition) is 1. The number of nitrogens with zero attached hydrogens (tertiary/aromatic N) is 3. The standard InChI is InChI=1S/C37H44F6N4O5/c1-7-8-21-9-12-23(18-37(42,43)17-21)30-45-46-31(50-30)25-15-29-26(16-27(25)38)35(5,39)19-28(44-33(49)52-34(2,3)4)32(48)47(29)20-22-10-13-24(14-11-22)51-36(6,40)41/h10-11,13-16,21,23,28H,7-9,12,17-20H2,1-6H3,(H,44,49)/t21?,23?,28-,35?/m1/s1. The largest absolute Gasteiger partial charge is 0.444 e. The minimum absolute atomic E-state index is 0.0778. The zero-order valence-corrected chi connectivity index (χ0v) is 30.0. The Morgan fingerprint density at radius 1 is 1.04 bits per heavy atom. The third-order valence-corrected chi connectivity index (χ3v) is 9.11. The number of benzene rings is 2. The fraction of sp³-hybridized carbons (Fsp3) is 0.568. The number of nitrogens with one attached hydrogen (secondary N) is 1. The Bertz CT molecular complexity index is 1750. The molecule has 1 N–H and O–H groups in total. The summed E-state index contributed by atoms with van der Waals surface area (Å²) < 4.78 is 105. The van der Waals surface area contributed by atoms with E-state index in [9.17, 15) is 27.2 Å². The van der Waals surface area contributed by atoms with E-state index in [2.05, 4.69) is 20.3 Å². The number of aromatic nitrogens is 2. The highest BCUT2D eigenvalue weighted by Crippen LogP contribution is 2.46. The molecule has 2 amide bonds. The summed E-state index contributed by atoms with van der Waals surface area (Å²) in [5.41, 5.74) is -3.56. The van der Waals surface area contributed by atoms with E-state index in [4.69, 9.17) is 9.15 Å². The van der Waals surface area contributed by atoms with Gasteiger partial charge in [-0.2, -0.15) is 8.78 Å². The lowest BCUT2D eigenvalue weighted by Crippen LogP contribution is -2.50. The second-order valence-electron chi connectivity index (χ2n) is 15.1. The molecule has 284 valence electrons. The lowest BCUT2D eigenvalue weighted by Gasteiger charge is -2.27. The summed E-state index contributed by atoms with van der Waals surface area (Å²) in [4.78, 5) is 28.1. The van der Waals surface area contributed by atoms with Gasteiger partial charge in [0.1, 0.15) is 28.9 Å². The predicted molar refractivity (Wildman–Crippen MR) is 179 cm³/mol. The molecule has 0 saturated heterocycles. The molecule has 3 aromatic rings. The number of anilines is 1. The van der Waals surface area contributed by atoms with Gasteiger partial charge in [-0.25, -0.2) is 22.4 Å². The van der Waals surface area contributed by atoms with Crippen LogP contribution in [0.25, 0.3) is 11.5 Å². The summed E-state index contributed by atoms with van der Waals surface area (Å²) in [5.74, 6) is -6.21. The van der Waals surface area contributed by atoms with Crippen molar-refractivity contribution in [3.05, 3.63) is 59.2 Å². The van der Waals surface area contributed by atoms with Crippen LogP contribution in [-0.2, 0) is 21.7 Å². The average molecular weight is 739 g/mol. The summed E-state index contributed by atoms with van der Waals surface area (Å²) in [5, 5.41) is 10.4. The monoisotopic (exact) mass is 738 g/mol. The Hall–Kier alpha value is -4.30. The van der Waals surface area contributed by atoms with Crippen molar-refractivity contribution in [3.8, 4) is 17.2 Å². The summed E-state index contributed by atoms with van der Waals surface area (Å²) in [6, 6.07) is 5.97. The molecule has 1 fully saturated rings. The lowest BCUT2D eigenvalue weighted by atomic mass is 9.90. The van der Waals surface area contributed by atoms with Gasteiger partial charge in [0, 0.05) is 37.7 Å². The van der Waals surface area contributed by atoms with E-state index in [0.29, 0.717) is 31.7 Å². The van der Waals surface area contributed by atoms with Crippen LogP contribution >= 0.6 is 0 Å². The van der Waals surface area contributed by atoms with Crippen molar-refractivity contribution in [3.63, 3.8) is 0 Å². The third-order valence-electron chi connectivity index (χ3n) is 9.11. The third kappa shape index (κ3) is 9.57. The molecule has 2 heterocycles. The number of ether oxygens (including phenoxy) is 2. The van der Waals surface area contributed by atoms with Gasteiger partial charge >= 0.3 is 12.2 Å². The number of carbonyl (C=O) groups excluding carboxylic acids is 2. The number of alkyl halides is 5. The molecule has 2 aliphatic rings. The highest BCUT2D eigenvalue weighted by Gasteiger charge is 2.45. The average Bonchev–Trinajstić information content (AvgIpc) is 3.41. The van der Waals surface area contributed by atoms with Crippen LogP contribution in [0.5, 0.6) is 5.75 Å². The summed E-state index contributed by atoms with van der Waals surface area (Å²) >= 11 is 0. The molecule has 1 aliphatic heterocycles. The van der Waals surface area contributed by atoms with Gasteiger partial charge in [0.2, 0.25) is 17.7 Å². The molecule has 5 rings (SSSR count). The van der Waals surface area contributed by atoms with Crippen molar-refractivity contribution in [1.82, 2.24) is 15.5 Å². The molecule has 1 saturated carbocycles. The molecule has 0 radical (unpaired) electrons. The molecular weight excluding hydrogens is 694 g/mol. The van der Waals surface area contributed by atoms with Crippen LogP contribution in [0.15, 0.2) is 40.8 Å². The van der Waals surface area contributed by atoms with Crippen LogP contribution in [0, 0.1) is 11.7 Å². The van der Waals surface area contributed by atoms with E-state index >= 15 is 8.78 Å². The molecular formula is C37H44F6N4O5. The van der Waals surface area contributed by atoms with Crippen LogP contribution in [0.1, 0.15) is 109 Å². The first-order valence-corrected chi connectivity index (χ1v) is 17.3. The second-order valence-corrected chi connectivity index (χ2v) is 15.1. The fourth-order valence-corrected chi connectivity index (χ4v) is 6.91. The number of amides is 2. The van der Waals surface area contributed by atoms with Gasteiger partial charge in [0.15, 0.2) is 0 Å². The first kappa shape index (κ1) is 38.9. The zero-order chi connectivity index (χ0) is 38.2. The van der Waals surface area contributed by atoms with Gasteiger partial charge in [-0.05, 0) is 76.3 Å². The van der Waals surface area contributed by atoms with E-state index in [1.165, 1.54) is 30.3 Å². The Balaban J connectivity index is 1.54. The number of alkyl carbamates (subject to hydrolysis) is 1. The van der Waals surface area contributed by atoms with Crippen LogP contribution in [0.4, 0.5) is 36.8 Å². The number of hydrogen-bond acceptors (Lipinski definition) is 7. The molecule has 15 heteroatoms. The van der Waals surface area contributed by atoms with Crippen molar-refractivity contribution in [1.29, 1.82) is 0 Å². The number of halogens is 6. The van der Waals surface area contributed by atoms with Crippen LogP contribution < -0.4 is 15.0 Å². The minimum Gasteiger partial charge on any atom is -0.444 e. The van der Waals surface area contributed by atoms with Gasteiger partial charge in [-0.3, -0.25) is 4.79 Å². The molecule has 2 aromatic carbocycles. The van der Waals surface area contributed by atoms with Gasteiger partial charge in [0.25, 0.3) is 5.89 Å². The summed E-state index contributed by atoms with van der Waals surface area (Å²) in [7, 11) is 0. The Kier molecular flexibility index (Phi) is 10.9. The second kappa shape index (κ2) is 14.6. The quantitative estimate of drug-likeness (QED) is 0.172. The molecule has 4 atom stereocenters. The maximum absolute atomic E-state index is 16.7. The molecule has 9 nitrogen and oxygen atoms in total. The maximum Gasteiger partial charge on any atom is 0.408 e. The lowest BCUT2D eigenvalue weighted by molar-refractivity contribution is -0.159. The molecule has 52 heavy (non-hydrogen) atoms. The normalized spacial score (nSPS) is 23.7. The molecule has 3 unspecified atom stereocenters. The zero-order valence-electron chi connectivity index (χ0n) is 30.0. The van der Waals surface area contributed by atoms with Crippen molar-refractivity contribution in [2.75, 3.05) is 4.90 Å². The van der Waals surface area contributed by atoms with Crippen LogP contribution in [-0.4, -0.2) is 45.9 Å². The predicted octanol–water partition coefficient (Wildman–Crippen LogP) is 9.59. The van der Waals surface area contributed by atoms with Crippen molar-refractivity contribution in [2.45, 2.75) is 128 Å². The van der Waals surface area contributed by atoms with E-state index in [1.807, 2.05) is 6.92 Å². The number of fused-ring (bicyclic) bond motifs is 1. The van der Waals surface area contributed by atoms with Gasteiger partial charge in [-0.15, -0.1) is 10.2 Å². The Morgan fingerprint density at radius 3 is 2.37 bits per heavy atom. The number of carbonyl (C=O) groups is 2. The van der Waals surface area contributed by atoms with E-state index in [-0.39, 0.29) is 53.2 Å². The van der Waals surface area contributed by atoms with E-state index in [1.54, 1.807) is 20.8 Å². The van der Waals surface area contributed by atoms with Gasteiger partial charge in [-0.1, -0.05) is 31.9 Å². The van der Waals surface area contributed by atoms with Crippen LogP contribution in [0.2, 0.25) is 0 Å². The smallest absolute Gasteiger partial charge is 0.408 e. The SMILES string of the molecule is CCCC1CCC(c2nnc(-c3cc4c(cc3F)C(C)(F)C[C@@H](NC(=O)OC(C)(C)C)C(=O)N4Cc3ccc(OC(C)(F)F)cc3)o2)CC(F)(F)C1. The fourth-order valence-electron chi connectivity index (χ4n) is 6.91. The first-order valence-electron chi connectivity index (χ1n) is 17.3. The Labute approximate surface area is 298 Å². The summed E-state index contributed by atoms with van der Waals surface area (Å²) in [6.45, 7) is 8.24. The summed E-state index contributed by atoms with van der Waals surface area (Å²) in [6.07, 6.45) is -3.40. The molecule has 0 spiro atoms. The van der Waals surface area contributed by atoms with Crippen molar-refractivity contribution < 1.29 is 49.8 Å². The van der Waals surface area contributed by atoms with E-state index in [0.717, 1.165) is 24.3 Å². The van der Waals surface area contributed by atoms with Crippen molar-refractivity contribution >= 4 is 17.7 Å². The maximum atomic E-state index is 16.7. The molecule has 1 aromatic heterocycles. The van der Waals surface area contributed by atoms with E-state index < -0.39 is 65.9 Å². The highest BCUT2D eigenvalue weighted by molar-refractivity contribution is 6.01. The van der Waals surface area contributed by atoms with Crippen LogP contribution in [0.3, 0.4) is 0 Å². The molecule has 1 aliphatic carbocycles. The Morgan fingerprint density at radius 2 is 1.73 bits per heavy atom. The first-order chi connectivity index (χ1) is 24.1. The van der Waals surface area contributed by atoms with Gasteiger partial charge < -0.3 is 24.1 Å². The topological polar surface area (TPSA) is 107 Å². The minimum atomic E-state index is -3.45.